The lowest BCUT2D eigenvalue weighted by atomic mass is 9.60. The van der Waals surface area contributed by atoms with Gasteiger partial charge in [0.1, 0.15) is 5.69 Å². The van der Waals surface area contributed by atoms with E-state index in [2.05, 4.69) is 0 Å². The molecule has 0 heterocycles. The van der Waals surface area contributed by atoms with Gasteiger partial charge in [-0.15, -0.1) is 6.82 Å². The number of rotatable bonds is 4. The summed E-state index contributed by atoms with van der Waals surface area (Å²) < 4.78 is 26.8. The van der Waals surface area contributed by atoms with E-state index in [4.69, 9.17) is 0 Å². The summed E-state index contributed by atoms with van der Waals surface area (Å²) >= 11 is 0. The van der Waals surface area contributed by atoms with E-state index in [1.165, 1.54) is 0 Å². The van der Waals surface area contributed by atoms with E-state index in [0.29, 0.717) is 0 Å². The first-order valence-corrected chi connectivity index (χ1v) is 5.50. The van der Waals surface area contributed by atoms with E-state index in [-0.39, 0.29) is 5.46 Å². The van der Waals surface area contributed by atoms with Crippen LogP contribution in [0.4, 0.5) is 14.3 Å². The van der Waals surface area contributed by atoms with Crippen LogP contribution in [0.25, 0.3) is 0 Å². The van der Waals surface area contributed by atoms with Crippen LogP contribution in [-0.2, 0) is 0 Å². The maximum atomic E-state index is 13.4. The molecule has 0 fully saturated rings. The standard InChI is InChI=1S/C11H17BF2N/c1-4-15(5-2)11-9-7-6-8-10(11)12(3,13)14/h6-9H,4-5H2,1-3H3/q-1/p+1. The van der Waals surface area contributed by atoms with Crippen molar-refractivity contribution in [1.29, 1.82) is 0 Å². The molecule has 0 saturated heterocycles. The number of halogens is 2. The van der Waals surface area contributed by atoms with E-state index in [1.807, 2.05) is 19.9 Å². The van der Waals surface area contributed by atoms with Gasteiger partial charge in [-0.2, -0.15) is 0 Å². The predicted octanol–water partition coefficient (Wildman–Crippen LogP) is 1.46. The average molecular weight is 213 g/mol. The fraction of sp³-hybridized carbons (Fsp3) is 0.455. The number of nitrogens with one attached hydrogen (secondary N) is 1. The van der Waals surface area contributed by atoms with Gasteiger partial charge >= 0.3 is 6.70 Å². The van der Waals surface area contributed by atoms with Gasteiger partial charge in [0.2, 0.25) is 0 Å². The molecule has 1 rings (SSSR count). The second kappa shape index (κ2) is 4.75. The summed E-state index contributed by atoms with van der Waals surface area (Å²) in [4.78, 5) is 1.11. The van der Waals surface area contributed by atoms with Crippen molar-refractivity contribution >= 4 is 17.9 Å². The fourth-order valence-electron chi connectivity index (χ4n) is 1.89. The van der Waals surface area contributed by atoms with Crippen LogP contribution in [-0.4, -0.2) is 19.8 Å². The van der Waals surface area contributed by atoms with Gasteiger partial charge < -0.3 is 13.5 Å². The molecule has 4 heteroatoms. The number of para-hydroxylation sites is 1. The highest BCUT2D eigenvalue weighted by Crippen LogP contribution is 2.11. The third-order valence-electron chi connectivity index (χ3n) is 2.74. The molecule has 15 heavy (non-hydrogen) atoms. The maximum absolute atomic E-state index is 13.4. The Bertz CT molecular complexity index is 319. The SMILES string of the molecule is CC[NH+](CC)c1ccccc1[B-](C)(F)F. The highest BCUT2D eigenvalue weighted by Gasteiger charge is 2.25. The topological polar surface area (TPSA) is 4.44 Å². The second-order valence-electron chi connectivity index (χ2n) is 3.92. The summed E-state index contributed by atoms with van der Waals surface area (Å²) in [5, 5.41) is 0. The Labute approximate surface area is 90.1 Å². The van der Waals surface area contributed by atoms with Crippen molar-refractivity contribution in [3.8, 4) is 0 Å². The second-order valence-corrected chi connectivity index (χ2v) is 3.92. The van der Waals surface area contributed by atoms with Gasteiger partial charge in [0, 0.05) is 0 Å². The van der Waals surface area contributed by atoms with Crippen molar-refractivity contribution < 1.29 is 13.5 Å². The quantitative estimate of drug-likeness (QED) is 0.722. The van der Waals surface area contributed by atoms with Gasteiger partial charge in [0.15, 0.2) is 0 Å². The molecule has 0 bridgehead atoms. The van der Waals surface area contributed by atoms with Crippen molar-refractivity contribution in [2.45, 2.75) is 20.7 Å². The van der Waals surface area contributed by atoms with E-state index >= 15 is 0 Å². The lowest BCUT2D eigenvalue weighted by molar-refractivity contribution is -0.827. The fourth-order valence-corrected chi connectivity index (χ4v) is 1.89. The predicted molar refractivity (Wildman–Crippen MR) is 61.6 cm³/mol. The summed E-state index contributed by atoms with van der Waals surface area (Å²) in [5.41, 5.74) is 0.950. The highest BCUT2D eigenvalue weighted by atomic mass is 19.2. The van der Waals surface area contributed by atoms with Crippen LogP contribution in [0.1, 0.15) is 13.8 Å². The summed E-state index contributed by atoms with van der Waals surface area (Å²) in [7, 11) is 0. The number of quaternary nitrogens is 1. The molecular formula is C11H18BF2N. The first-order chi connectivity index (χ1) is 7.00. The van der Waals surface area contributed by atoms with Gasteiger partial charge in [0.05, 0.1) is 13.1 Å². The van der Waals surface area contributed by atoms with Crippen LogP contribution < -0.4 is 10.4 Å². The normalized spacial score (nSPS) is 12.1. The van der Waals surface area contributed by atoms with Gasteiger partial charge in [-0.05, 0) is 19.9 Å². The van der Waals surface area contributed by atoms with Crippen LogP contribution in [0, 0.1) is 0 Å². The molecule has 0 radical (unpaired) electrons. The zero-order chi connectivity index (χ0) is 11.5. The molecule has 0 unspecified atom stereocenters. The van der Waals surface area contributed by atoms with Crippen molar-refractivity contribution in [2.24, 2.45) is 0 Å². The lowest BCUT2D eigenvalue weighted by Crippen LogP contribution is -3.07. The molecule has 0 aliphatic carbocycles. The largest absolute Gasteiger partial charge is 0.473 e. The molecule has 1 N–H and O–H groups in total. The van der Waals surface area contributed by atoms with Crippen LogP contribution in [0.3, 0.4) is 0 Å². The Morgan fingerprint density at radius 3 is 2.13 bits per heavy atom. The smallest absolute Gasteiger partial charge is 0.335 e. The monoisotopic (exact) mass is 213 g/mol. The van der Waals surface area contributed by atoms with Crippen LogP contribution in [0.5, 0.6) is 0 Å². The van der Waals surface area contributed by atoms with Gasteiger partial charge in [-0.1, -0.05) is 23.7 Å². The van der Waals surface area contributed by atoms with Crippen molar-refractivity contribution in [3.63, 3.8) is 0 Å². The lowest BCUT2D eigenvalue weighted by Gasteiger charge is -2.25. The Balaban J connectivity index is 3.17. The van der Waals surface area contributed by atoms with Crippen molar-refractivity contribution in [2.75, 3.05) is 13.1 Å². The summed E-state index contributed by atoms with van der Waals surface area (Å²) in [6.07, 6.45) is 0. The van der Waals surface area contributed by atoms with Crippen LogP contribution in [0.2, 0.25) is 6.82 Å². The highest BCUT2D eigenvalue weighted by molar-refractivity contribution is 6.79. The zero-order valence-corrected chi connectivity index (χ0v) is 9.56. The summed E-state index contributed by atoms with van der Waals surface area (Å²) in [6, 6.07) is 6.85. The molecule has 1 aromatic rings. The van der Waals surface area contributed by atoms with Crippen molar-refractivity contribution in [3.05, 3.63) is 24.3 Å². The third kappa shape index (κ3) is 2.78. The van der Waals surface area contributed by atoms with Gasteiger partial charge in [-0.3, -0.25) is 0 Å². The van der Waals surface area contributed by atoms with Crippen molar-refractivity contribution in [1.82, 2.24) is 0 Å². The van der Waals surface area contributed by atoms with E-state index < -0.39 is 6.70 Å². The molecule has 0 atom stereocenters. The molecule has 1 nitrogen and oxygen atoms in total. The molecule has 0 amide bonds. The number of benzene rings is 1. The number of hydrogen-bond donors (Lipinski definition) is 1. The Morgan fingerprint density at radius 1 is 1.13 bits per heavy atom. The minimum atomic E-state index is -3.40. The molecule has 1 aromatic carbocycles. The average Bonchev–Trinajstić information content (AvgIpc) is 2.19. The molecule has 0 aliphatic rings. The summed E-state index contributed by atoms with van der Waals surface area (Å²) in [5.74, 6) is 0. The van der Waals surface area contributed by atoms with E-state index in [0.717, 1.165) is 30.5 Å². The minimum Gasteiger partial charge on any atom is -0.473 e. The molecule has 0 aliphatic heterocycles. The maximum Gasteiger partial charge on any atom is 0.335 e. The Kier molecular flexibility index (Phi) is 3.86. The molecular weight excluding hydrogens is 195 g/mol. The van der Waals surface area contributed by atoms with Gasteiger partial charge in [0.25, 0.3) is 0 Å². The minimum absolute atomic E-state index is 0.205. The van der Waals surface area contributed by atoms with Crippen LogP contribution >= 0.6 is 0 Å². The molecule has 84 valence electrons. The van der Waals surface area contributed by atoms with E-state index in [1.54, 1.807) is 18.2 Å². The number of hydrogen-bond acceptors (Lipinski definition) is 0. The zero-order valence-electron chi connectivity index (χ0n) is 9.56. The third-order valence-corrected chi connectivity index (χ3v) is 2.74. The molecule has 0 spiro atoms. The first-order valence-electron chi connectivity index (χ1n) is 5.50. The van der Waals surface area contributed by atoms with Gasteiger partial charge in [-0.25, -0.2) is 0 Å². The summed E-state index contributed by atoms with van der Waals surface area (Å²) in [6.45, 7) is 3.30. The molecule has 0 aromatic heterocycles. The van der Waals surface area contributed by atoms with Crippen LogP contribution in [0.15, 0.2) is 24.3 Å². The Hall–Kier alpha value is -0.895. The van der Waals surface area contributed by atoms with E-state index in [9.17, 15) is 8.63 Å². The first kappa shape index (κ1) is 12.2. The Morgan fingerprint density at radius 2 is 1.67 bits per heavy atom. The molecule has 0 saturated carbocycles.